The van der Waals surface area contributed by atoms with Crippen molar-refractivity contribution >= 4 is 18.0 Å². The average molecular weight is 177 g/mol. The average Bonchev–Trinajstić information content (AvgIpc) is 2.08. The van der Waals surface area contributed by atoms with E-state index >= 15 is 0 Å². The van der Waals surface area contributed by atoms with Gasteiger partial charge in [-0.1, -0.05) is 6.58 Å². The number of aryl methyl sites for hydroxylation is 1. The summed E-state index contributed by atoms with van der Waals surface area (Å²) < 4.78 is 13.1. The zero-order valence-electron chi connectivity index (χ0n) is 7.89. The molecule has 0 spiro atoms. The van der Waals surface area contributed by atoms with Gasteiger partial charge < -0.3 is 0 Å². The molecule has 0 aliphatic heterocycles. The number of nitrogens with zero attached hydrogens (tertiary/aromatic N) is 1. The molecule has 1 nitrogen and oxygen atoms in total. The Kier molecular flexibility index (Phi) is 2.61. The Hall–Kier alpha value is -1.44. The Balaban J connectivity index is 3.41. The van der Waals surface area contributed by atoms with Gasteiger partial charge in [0.25, 0.3) is 0 Å². The van der Waals surface area contributed by atoms with Crippen molar-refractivity contribution in [2.24, 2.45) is 4.99 Å². The lowest BCUT2D eigenvalue weighted by Gasteiger charge is -2.06. The first-order valence-corrected chi connectivity index (χ1v) is 3.99. The highest BCUT2D eigenvalue weighted by Crippen LogP contribution is 2.27. The maximum atomic E-state index is 13.1. The molecule has 0 heterocycles. The van der Waals surface area contributed by atoms with Gasteiger partial charge in [-0.2, -0.15) is 0 Å². The molecule has 0 radical (unpaired) electrons. The van der Waals surface area contributed by atoms with E-state index in [0.29, 0.717) is 11.3 Å². The van der Waals surface area contributed by atoms with Gasteiger partial charge in [0.2, 0.25) is 0 Å². The summed E-state index contributed by atoms with van der Waals surface area (Å²) in [6.07, 6.45) is 0. The number of benzene rings is 1. The lowest BCUT2D eigenvalue weighted by atomic mass is 10.0. The number of aliphatic imine (C=N–C) groups is 1. The van der Waals surface area contributed by atoms with Crippen molar-refractivity contribution in [1.29, 1.82) is 0 Å². The fraction of sp³-hybridized carbons (Fsp3) is 0.182. The maximum Gasteiger partial charge on any atom is 0.128 e. The van der Waals surface area contributed by atoms with Crippen LogP contribution >= 0.6 is 0 Å². The standard InChI is InChI=1S/C11H12FN/c1-7(2)9-5-8(3)10(12)6-11(9)13-4/h5-6H,1,4H2,2-3H3. The van der Waals surface area contributed by atoms with E-state index in [1.165, 1.54) is 6.07 Å². The van der Waals surface area contributed by atoms with E-state index in [-0.39, 0.29) is 5.82 Å². The van der Waals surface area contributed by atoms with Gasteiger partial charge in [-0.3, -0.25) is 4.99 Å². The summed E-state index contributed by atoms with van der Waals surface area (Å²) in [6, 6.07) is 3.12. The highest BCUT2D eigenvalue weighted by molar-refractivity contribution is 5.73. The van der Waals surface area contributed by atoms with Gasteiger partial charge in [-0.15, -0.1) is 0 Å². The summed E-state index contributed by atoms with van der Waals surface area (Å²) in [4.78, 5) is 3.74. The van der Waals surface area contributed by atoms with Crippen LogP contribution in [0, 0.1) is 12.7 Å². The van der Waals surface area contributed by atoms with Gasteiger partial charge in [0.1, 0.15) is 5.82 Å². The van der Waals surface area contributed by atoms with Crippen LogP contribution in [0.3, 0.4) is 0 Å². The van der Waals surface area contributed by atoms with Gasteiger partial charge >= 0.3 is 0 Å². The minimum atomic E-state index is -0.257. The number of allylic oxidation sites excluding steroid dienone is 1. The van der Waals surface area contributed by atoms with Crippen molar-refractivity contribution in [2.75, 3.05) is 0 Å². The van der Waals surface area contributed by atoms with Crippen LogP contribution in [0.25, 0.3) is 5.57 Å². The van der Waals surface area contributed by atoms with E-state index in [0.717, 1.165) is 11.1 Å². The molecule has 2 heteroatoms. The predicted molar refractivity (Wildman–Crippen MR) is 55.1 cm³/mol. The Labute approximate surface area is 77.6 Å². The van der Waals surface area contributed by atoms with Crippen molar-refractivity contribution in [1.82, 2.24) is 0 Å². The Morgan fingerprint density at radius 1 is 1.46 bits per heavy atom. The van der Waals surface area contributed by atoms with Gasteiger partial charge in [-0.25, -0.2) is 4.39 Å². The monoisotopic (exact) mass is 177 g/mol. The molecule has 1 aromatic rings. The minimum absolute atomic E-state index is 0.257. The SMILES string of the molecule is C=Nc1cc(F)c(C)cc1C(=C)C. The van der Waals surface area contributed by atoms with Crippen LogP contribution in [0.15, 0.2) is 23.7 Å². The van der Waals surface area contributed by atoms with E-state index in [4.69, 9.17) is 0 Å². The number of hydrogen-bond donors (Lipinski definition) is 0. The fourth-order valence-electron chi connectivity index (χ4n) is 1.14. The molecule has 0 aliphatic carbocycles. The molecule has 0 fully saturated rings. The Morgan fingerprint density at radius 3 is 2.54 bits per heavy atom. The van der Waals surface area contributed by atoms with E-state index in [1.54, 1.807) is 13.0 Å². The summed E-state index contributed by atoms with van der Waals surface area (Å²) in [6.45, 7) is 10.8. The number of hydrogen-bond acceptors (Lipinski definition) is 1. The van der Waals surface area contributed by atoms with Crippen molar-refractivity contribution in [3.05, 3.63) is 35.7 Å². The molecular weight excluding hydrogens is 165 g/mol. The molecule has 0 saturated carbocycles. The molecule has 0 saturated heterocycles. The molecule has 0 bridgehead atoms. The van der Waals surface area contributed by atoms with Crippen LogP contribution in [0.5, 0.6) is 0 Å². The highest BCUT2D eigenvalue weighted by atomic mass is 19.1. The molecule has 1 rings (SSSR count). The lowest BCUT2D eigenvalue weighted by molar-refractivity contribution is 0.619. The first-order valence-electron chi connectivity index (χ1n) is 3.99. The molecule has 1 aromatic carbocycles. The smallest absolute Gasteiger partial charge is 0.128 e. The second-order valence-electron chi connectivity index (χ2n) is 3.06. The number of rotatable bonds is 2. The lowest BCUT2D eigenvalue weighted by Crippen LogP contribution is -1.87. The molecule has 0 aromatic heterocycles. The second-order valence-corrected chi connectivity index (χ2v) is 3.06. The predicted octanol–water partition coefficient (Wildman–Crippen LogP) is 3.50. The Morgan fingerprint density at radius 2 is 2.08 bits per heavy atom. The quantitative estimate of drug-likeness (QED) is 0.613. The third-order valence-electron chi connectivity index (χ3n) is 1.91. The largest absolute Gasteiger partial charge is 0.264 e. The first kappa shape index (κ1) is 9.65. The van der Waals surface area contributed by atoms with Gasteiger partial charge in [0.05, 0.1) is 5.69 Å². The molecular formula is C11H12FN. The summed E-state index contributed by atoms with van der Waals surface area (Å²) in [5.74, 6) is -0.257. The molecule has 0 N–H and O–H groups in total. The summed E-state index contributed by atoms with van der Waals surface area (Å²) in [5.41, 5.74) is 2.88. The Bertz CT molecular complexity index is 367. The van der Waals surface area contributed by atoms with Crippen LogP contribution in [0.1, 0.15) is 18.1 Å². The van der Waals surface area contributed by atoms with Crippen LogP contribution in [-0.2, 0) is 0 Å². The van der Waals surface area contributed by atoms with Gasteiger partial charge in [-0.05, 0) is 37.8 Å². The molecule has 0 atom stereocenters. The van der Waals surface area contributed by atoms with Gasteiger partial charge in [0, 0.05) is 11.6 Å². The maximum absolute atomic E-state index is 13.1. The zero-order chi connectivity index (χ0) is 10.0. The van der Waals surface area contributed by atoms with Crippen LogP contribution in [-0.4, -0.2) is 6.72 Å². The normalized spacial score (nSPS) is 9.77. The first-order chi connectivity index (χ1) is 6.06. The van der Waals surface area contributed by atoms with Gasteiger partial charge in [0.15, 0.2) is 0 Å². The summed E-state index contributed by atoms with van der Waals surface area (Å²) >= 11 is 0. The summed E-state index contributed by atoms with van der Waals surface area (Å²) in [7, 11) is 0. The van der Waals surface area contributed by atoms with Crippen molar-refractivity contribution in [2.45, 2.75) is 13.8 Å². The fourth-order valence-corrected chi connectivity index (χ4v) is 1.14. The molecule has 0 amide bonds. The van der Waals surface area contributed by atoms with E-state index in [1.807, 2.05) is 6.92 Å². The van der Waals surface area contributed by atoms with Crippen molar-refractivity contribution in [3.63, 3.8) is 0 Å². The topological polar surface area (TPSA) is 12.4 Å². The van der Waals surface area contributed by atoms with Crippen LogP contribution in [0.4, 0.5) is 10.1 Å². The molecule has 68 valence electrons. The van der Waals surface area contributed by atoms with Crippen LogP contribution < -0.4 is 0 Å². The van der Waals surface area contributed by atoms with E-state index in [9.17, 15) is 4.39 Å². The third kappa shape index (κ3) is 1.83. The van der Waals surface area contributed by atoms with Crippen LogP contribution in [0.2, 0.25) is 0 Å². The molecule has 13 heavy (non-hydrogen) atoms. The zero-order valence-corrected chi connectivity index (χ0v) is 7.89. The second kappa shape index (κ2) is 3.52. The number of halogens is 1. The third-order valence-corrected chi connectivity index (χ3v) is 1.91. The summed E-state index contributed by atoms with van der Waals surface area (Å²) in [5, 5.41) is 0. The highest BCUT2D eigenvalue weighted by Gasteiger charge is 2.06. The minimum Gasteiger partial charge on any atom is -0.264 e. The van der Waals surface area contributed by atoms with Crippen molar-refractivity contribution in [3.8, 4) is 0 Å². The molecule has 0 aliphatic rings. The van der Waals surface area contributed by atoms with E-state index in [2.05, 4.69) is 18.3 Å². The van der Waals surface area contributed by atoms with E-state index < -0.39 is 0 Å². The molecule has 0 unspecified atom stereocenters. The van der Waals surface area contributed by atoms with Crippen molar-refractivity contribution < 1.29 is 4.39 Å².